The molecule has 3 aliphatic heterocycles. The fourth-order valence-corrected chi connectivity index (χ4v) is 4.16. The van der Waals surface area contributed by atoms with E-state index in [9.17, 15) is 4.39 Å². The van der Waals surface area contributed by atoms with Gasteiger partial charge in [-0.25, -0.2) is 4.39 Å². The van der Waals surface area contributed by atoms with Crippen molar-refractivity contribution >= 4 is 0 Å². The zero-order valence-electron chi connectivity index (χ0n) is 10.9. The van der Waals surface area contributed by atoms with E-state index < -0.39 is 5.67 Å². The van der Waals surface area contributed by atoms with Crippen LogP contribution in [-0.2, 0) is 0 Å². The lowest BCUT2D eigenvalue weighted by Gasteiger charge is -2.42. The van der Waals surface area contributed by atoms with Crippen LogP contribution in [0.4, 0.5) is 4.39 Å². The van der Waals surface area contributed by atoms with Crippen molar-refractivity contribution in [3.05, 3.63) is 0 Å². The van der Waals surface area contributed by atoms with Crippen LogP contribution in [0.5, 0.6) is 0 Å². The van der Waals surface area contributed by atoms with Crippen molar-refractivity contribution in [3.8, 4) is 0 Å². The predicted octanol–water partition coefficient (Wildman–Crippen LogP) is 2.34. The van der Waals surface area contributed by atoms with Gasteiger partial charge < -0.3 is 5.32 Å². The zero-order chi connectivity index (χ0) is 11.9. The quantitative estimate of drug-likeness (QED) is 0.797. The predicted molar refractivity (Wildman–Crippen MR) is 67.9 cm³/mol. The summed E-state index contributed by atoms with van der Waals surface area (Å²) in [7, 11) is 0. The molecule has 17 heavy (non-hydrogen) atoms. The van der Waals surface area contributed by atoms with Crippen LogP contribution < -0.4 is 5.32 Å². The van der Waals surface area contributed by atoms with Gasteiger partial charge in [-0.1, -0.05) is 6.92 Å². The van der Waals surface area contributed by atoms with E-state index in [1.165, 1.54) is 25.7 Å². The maximum Gasteiger partial charge on any atom is 0.126 e. The van der Waals surface area contributed by atoms with Gasteiger partial charge in [0.15, 0.2) is 0 Å². The largest absolute Gasteiger partial charge is 0.316 e. The van der Waals surface area contributed by atoms with Crippen molar-refractivity contribution in [1.82, 2.24) is 10.2 Å². The number of nitrogens with one attached hydrogen (secondary N) is 1. The van der Waals surface area contributed by atoms with Crippen LogP contribution in [0.2, 0.25) is 0 Å². The van der Waals surface area contributed by atoms with Gasteiger partial charge in [-0.2, -0.15) is 0 Å². The summed E-state index contributed by atoms with van der Waals surface area (Å²) in [5, 5.41) is 3.26. The first-order valence-corrected chi connectivity index (χ1v) is 7.32. The molecule has 0 spiro atoms. The second-order valence-corrected chi connectivity index (χ2v) is 6.53. The lowest BCUT2D eigenvalue weighted by molar-refractivity contribution is 0.0146. The van der Waals surface area contributed by atoms with E-state index in [0.29, 0.717) is 31.5 Å². The van der Waals surface area contributed by atoms with E-state index in [1.807, 2.05) is 0 Å². The van der Waals surface area contributed by atoms with Gasteiger partial charge in [-0.05, 0) is 57.5 Å². The smallest absolute Gasteiger partial charge is 0.126 e. The third-order valence-electron chi connectivity index (χ3n) is 5.09. The molecule has 0 aromatic heterocycles. The van der Waals surface area contributed by atoms with Crippen LogP contribution in [0.1, 0.15) is 45.4 Å². The Hall–Kier alpha value is -0.150. The number of piperidine rings is 2. The molecule has 0 amide bonds. The SMILES string of the molecule is CC1C[C@H]2CC[C@@H](C1)N2CC1(F)CCNCC1. The summed E-state index contributed by atoms with van der Waals surface area (Å²) in [5.74, 6) is 0.854. The lowest BCUT2D eigenvalue weighted by Crippen LogP contribution is -2.52. The molecule has 0 aromatic carbocycles. The summed E-state index contributed by atoms with van der Waals surface area (Å²) in [4.78, 5) is 2.52. The highest BCUT2D eigenvalue weighted by Crippen LogP contribution is 2.40. The molecule has 98 valence electrons. The Morgan fingerprint density at radius 2 is 1.76 bits per heavy atom. The molecule has 0 saturated carbocycles. The van der Waals surface area contributed by atoms with Gasteiger partial charge in [-0.15, -0.1) is 0 Å². The first-order valence-electron chi connectivity index (χ1n) is 7.32. The first kappa shape index (κ1) is 11.9. The van der Waals surface area contributed by atoms with Crippen molar-refractivity contribution in [2.45, 2.75) is 63.2 Å². The first-order chi connectivity index (χ1) is 8.16. The minimum Gasteiger partial charge on any atom is -0.316 e. The molecule has 3 heterocycles. The molecule has 3 heteroatoms. The molecule has 2 nitrogen and oxygen atoms in total. The molecule has 1 unspecified atom stereocenters. The van der Waals surface area contributed by atoms with Gasteiger partial charge in [0.1, 0.15) is 5.67 Å². The fraction of sp³-hybridized carbons (Fsp3) is 1.00. The summed E-state index contributed by atoms with van der Waals surface area (Å²) in [6.45, 7) is 4.78. The maximum absolute atomic E-state index is 14.7. The monoisotopic (exact) mass is 240 g/mol. The molecular formula is C14H25FN2. The molecule has 3 atom stereocenters. The Balaban J connectivity index is 1.65. The summed E-state index contributed by atoms with van der Waals surface area (Å²) in [6.07, 6.45) is 6.62. The van der Waals surface area contributed by atoms with Gasteiger partial charge in [-0.3, -0.25) is 4.90 Å². The maximum atomic E-state index is 14.7. The van der Waals surface area contributed by atoms with Crippen molar-refractivity contribution in [1.29, 1.82) is 0 Å². The van der Waals surface area contributed by atoms with Gasteiger partial charge in [0.05, 0.1) is 0 Å². The summed E-state index contributed by atoms with van der Waals surface area (Å²) < 4.78 is 14.7. The van der Waals surface area contributed by atoms with E-state index in [-0.39, 0.29) is 0 Å². The highest BCUT2D eigenvalue weighted by atomic mass is 19.1. The van der Waals surface area contributed by atoms with Crippen molar-refractivity contribution in [2.75, 3.05) is 19.6 Å². The van der Waals surface area contributed by atoms with Gasteiger partial charge in [0.2, 0.25) is 0 Å². The number of nitrogens with zero attached hydrogens (tertiary/aromatic N) is 1. The summed E-state index contributed by atoms with van der Waals surface area (Å²) in [6, 6.07) is 1.37. The van der Waals surface area contributed by atoms with Crippen LogP contribution in [-0.4, -0.2) is 42.3 Å². The van der Waals surface area contributed by atoms with Crippen LogP contribution in [0, 0.1) is 5.92 Å². The second kappa shape index (κ2) is 4.51. The molecule has 3 saturated heterocycles. The fourth-order valence-electron chi connectivity index (χ4n) is 4.16. The minimum absolute atomic E-state index is 0.686. The number of rotatable bonds is 2. The Morgan fingerprint density at radius 1 is 1.18 bits per heavy atom. The van der Waals surface area contributed by atoms with Crippen molar-refractivity contribution in [3.63, 3.8) is 0 Å². The van der Waals surface area contributed by atoms with E-state index >= 15 is 0 Å². The Kier molecular flexibility index (Phi) is 3.16. The molecule has 3 fully saturated rings. The minimum atomic E-state index is -0.910. The third kappa shape index (κ3) is 2.37. The molecule has 3 aliphatic rings. The Bertz CT molecular complexity index is 261. The van der Waals surface area contributed by atoms with Crippen LogP contribution in [0.15, 0.2) is 0 Å². The highest BCUT2D eigenvalue weighted by Gasteiger charge is 2.44. The third-order valence-corrected chi connectivity index (χ3v) is 5.09. The van der Waals surface area contributed by atoms with Crippen molar-refractivity contribution in [2.24, 2.45) is 5.92 Å². The molecule has 2 bridgehead atoms. The molecule has 1 N–H and O–H groups in total. The van der Waals surface area contributed by atoms with Gasteiger partial charge in [0.25, 0.3) is 0 Å². The van der Waals surface area contributed by atoms with Crippen LogP contribution >= 0.6 is 0 Å². The number of hydrogen-bond donors (Lipinski definition) is 1. The number of alkyl halides is 1. The van der Waals surface area contributed by atoms with Gasteiger partial charge >= 0.3 is 0 Å². The summed E-state index contributed by atoms with van der Waals surface area (Å²) in [5.41, 5.74) is -0.910. The number of halogens is 1. The average molecular weight is 240 g/mol. The van der Waals surface area contributed by atoms with Crippen LogP contribution in [0.25, 0.3) is 0 Å². The standard InChI is InChI=1S/C14H25FN2/c1-11-8-12-2-3-13(9-11)17(12)10-14(15)4-6-16-7-5-14/h11-13,16H,2-10H2,1H3/t11?,12-,13+. The highest BCUT2D eigenvalue weighted by molar-refractivity contribution is 4.98. The lowest BCUT2D eigenvalue weighted by atomic mass is 9.88. The second-order valence-electron chi connectivity index (χ2n) is 6.53. The van der Waals surface area contributed by atoms with E-state index in [1.54, 1.807) is 0 Å². The zero-order valence-corrected chi connectivity index (χ0v) is 10.9. The molecular weight excluding hydrogens is 215 g/mol. The van der Waals surface area contributed by atoms with Crippen molar-refractivity contribution < 1.29 is 4.39 Å². The average Bonchev–Trinajstić information content (AvgIpc) is 2.54. The molecule has 0 aliphatic carbocycles. The topological polar surface area (TPSA) is 15.3 Å². The Morgan fingerprint density at radius 3 is 2.35 bits per heavy atom. The normalized spacial score (nSPS) is 41.6. The van der Waals surface area contributed by atoms with E-state index in [4.69, 9.17) is 0 Å². The molecule has 0 radical (unpaired) electrons. The summed E-state index contributed by atoms with van der Waals surface area (Å²) >= 11 is 0. The van der Waals surface area contributed by atoms with Gasteiger partial charge in [0, 0.05) is 18.6 Å². The van der Waals surface area contributed by atoms with E-state index in [0.717, 1.165) is 19.0 Å². The Labute approximate surface area is 104 Å². The molecule has 3 rings (SSSR count). The van der Waals surface area contributed by atoms with Crippen LogP contribution in [0.3, 0.4) is 0 Å². The number of hydrogen-bond acceptors (Lipinski definition) is 2. The molecule has 0 aromatic rings. The number of fused-ring (bicyclic) bond motifs is 2. The van der Waals surface area contributed by atoms with E-state index in [2.05, 4.69) is 17.1 Å².